The van der Waals surface area contributed by atoms with Gasteiger partial charge in [-0.2, -0.15) is 0 Å². The highest BCUT2D eigenvalue weighted by Gasteiger charge is 2.26. The van der Waals surface area contributed by atoms with Crippen molar-refractivity contribution < 1.29 is 9.50 Å². The van der Waals surface area contributed by atoms with Crippen LogP contribution in [0, 0.1) is 5.92 Å². The molecule has 0 aromatic rings. The standard InChI is InChI=1S/C9H18FNO/c1-8(10)9-3-5-11(7-9)4-2-6-12/h8-9,12H,2-7H2,1H3. The van der Waals surface area contributed by atoms with E-state index in [4.69, 9.17) is 5.11 Å². The molecule has 2 atom stereocenters. The van der Waals surface area contributed by atoms with E-state index in [-0.39, 0.29) is 12.5 Å². The zero-order valence-electron chi connectivity index (χ0n) is 7.67. The second-order valence-electron chi connectivity index (χ2n) is 3.60. The molecule has 0 radical (unpaired) electrons. The number of hydrogen-bond donors (Lipinski definition) is 1. The van der Waals surface area contributed by atoms with Gasteiger partial charge in [0.15, 0.2) is 0 Å². The van der Waals surface area contributed by atoms with Crippen LogP contribution in [0.25, 0.3) is 0 Å². The molecule has 1 fully saturated rings. The Labute approximate surface area is 73.4 Å². The van der Waals surface area contributed by atoms with Crippen LogP contribution in [0.1, 0.15) is 19.8 Å². The Morgan fingerprint density at radius 2 is 2.42 bits per heavy atom. The van der Waals surface area contributed by atoms with Gasteiger partial charge in [-0.1, -0.05) is 0 Å². The molecule has 1 N–H and O–H groups in total. The summed E-state index contributed by atoms with van der Waals surface area (Å²) in [6, 6.07) is 0. The summed E-state index contributed by atoms with van der Waals surface area (Å²) in [7, 11) is 0. The molecule has 0 aromatic heterocycles. The van der Waals surface area contributed by atoms with Crippen molar-refractivity contribution in [2.24, 2.45) is 5.92 Å². The Hall–Kier alpha value is -0.150. The Bertz CT molecular complexity index is 130. The molecule has 12 heavy (non-hydrogen) atoms. The highest BCUT2D eigenvalue weighted by atomic mass is 19.1. The first kappa shape index (κ1) is 9.93. The topological polar surface area (TPSA) is 23.5 Å². The molecular weight excluding hydrogens is 157 g/mol. The minimum atomic E-state index is -0.677. The first-order chi connectivity index (χ1) is 5.74. The Kier molecular flexibility index (Phi) is 3.95. The van der Waals surface area contributed by atoms with Gasteiger partial charge in [-0.3, -0.25) is 0 Å². The molecule has 1 aliphatic rings. The summed E-state index contributed by atoms with van der Waals surface area (Å²) in [6.07, 6.45) is 1.11. The van der Waals surface area contributed by atoms with Crippen LogP contribution in [-0.4, -0.2) is 42.4 Å². The van der Waals surface area contributed by atoms with Crippen LogP contribution in [0.15, 0.2) is 0 Å². The molecule has 72 valence electrons. The van der Waals surface area contributed by atoms with Crippen molar-refractivity contribution in [1.29, 1.82) is 0 Å². The molecule has 1 saturated heterocycles. The zero-order valence-corrected chi connectivity index (χ0v) is 7.67. The molecule has 0 aliphatic carbocycles. The number of alkyl halides is 1. The summed E-state index contributed by atoms with van der Waals surface area (Å²) in [5, 5.41) is 8.60. The first-order valence-corrected chi connectivity index (χ1v) is 4.71. The lowest BCUT2D eigenvalue weighted by Crippen LogP contribution is -2.24. The molecule has 2 unspecified atom stereocenters. The summed E-state index contributed by atoms with van der Waals surface area (Å²) in [5.74, 6) is 0.226. The van der Waals surface area contributed by atoms with E-state index >= 15 is 0 Å². The van der Waals surface area contributed by atoms with Gasteiger partial charge in [-0.15, -0.1) is 0 Å². The van der Waals surface area contributed by atoms with Crippen LogP contribution in [0.5, 0.6) is 0 Å². The van der Waals surface area contributed by atoms with E-state index in [9.17, 15) is 4.39 Å². The normalized spacial score (nSPS) is 27.8. The van der Waals surface area contributed by atoms with Gasteiger partial charge in [0.25, 0.3) is 0 Å². The summed E-state index contributed by atoms with van der Waals surface area (Å²) in [5.41, 5.74) is 0. The van der Waals surface area contributed by atoms with Crippen LogP contribution in [-0.2, 0) is 0 Å². The van der Waals surface area contributed by atoms with Crippen LogP contribution >= 0.6 is 0 Å². The predicted molar refractivity (Wildman–Crippen MR) is 46.8 cm³/mol. The fourth-order valence-electron chi connectivity index (χ4n) is 1.73. The number of rotatable bonds is 4. The van der Waals surface area contributed by atoms with E-state index in [2.05, 4.69) is 4.90 Å². The quantitative estimate of drug-likeness (QED) is 0.690. The molecule has 0 amide bonds. The van der Waals surface area contributed by atoms with Crippen molar-refractivity contribution >= 4 is 0 Å². The van der Waals surface area contributed by atoms with Crippen molar-refractivity contribution in [1.82, 2.24) is 4.90 Å². The average Bonchev–Trinajstić information content (AvgIpc) is 2.48. The molecule has 1 aliphatic heterocycles. The van der Waals surface area contributed by atoms with E-state index in [0.29, 0.717) is 0 Å². The Morgan fingerprint density at radius 1 is 1.67 bits per heavy atom. The zero-order chi connectivity index (χ0) is 8.97. The van der Waals surface area contributed by atoms with Crippen LogP contribution in [0.3, 0.4) is 0 Å². The monoisotopic (exact) mass is 175 g/mol. The van der Waals surface area contributed by atoms with Gasteiger partial charge in [-0.05, 0) is 26.3 Å². The van der Waals surface area contributed by atoms with Gasteiger partial charge in [0.2, 0.25) is 0 Å². The van der Waals surface area contributed by atoms with Crippen molar-refractivity contribution in [3.05, 3.63) is 0 Å². The SMILES string of the molecule is CC(F)C1CCN(CCCO)C1. The van der Waals surface area contributed by atoms with Gasteiger partial charge in [0.1, 0.15) is 6.17 Å². The van der Waals surface area contributed by atoms with Gasteiger partial charge in [0, 0.05) is 25.6 Å². The fourth-order valence-corrected chi connectivity index (χ4v) is 1.73. The van der Waals surface area contributed by atoms with E-state index in [0.717, 1.165) is 32.5 Å². The second kappa shape index (κ2) is 4.77. The smallest absolute Gasteiger partial charge is 0.101 e. The lowest BCUT2D eigenvalue weighted by molar-refractivity contribution is 0.220. The first-order valence-electron chi connectivity index (χ1n) is 4.71. The highest BCUT2D eigenvalue weighted by molar-refractivity contribution is 4.78. The fraction of sp³-hybridized carbons (Fsp3) is 1.00. The third kappa shape index (κ3) is 2.72. The van der Waals surface area contributed by atoms with Gasteiger partial charge in [-0.25, -0.2) is 4.39 Å². The van der Waals surface area contributed by atoms with Crippen LogP contribution < -0.4 is 0 Å². The molecule has 0 bridgehead atoms. The van der Waals surface area contributed by atoms with Gasteiger partial charge in [0.05, 0.1) is 0 Å². The summed E-state index contributed by atoms with van der Waals surface area (Å²) in [6.45, 7) is 4.67. The lowest BCUT2D eigenvalue weighted by atomic mass is 10.1. The minimum Gasteiger partial charge on any atom is -0.396 e. The van der Waals surface area contributed by atoms with Crippen LogP contribution in [0.2, 0.25) is 0 Å². The maximum atomic E-state index is 12.8. The van der Waals surface area contributed by atoms with Crippen molar-refractivity contribution in [2.45, 2.75) is 25.9 Å². The molecule has 0 aromatic carbocycles. The van der Waals surface area contributed by atoms with Gasteiger partial charge >= 0.3 is 0 Å². The Balaban J connectivity index is 2.17. The molecular formula is C9H18FNO. The number of hydrogen-bond acceptors (Lipinski definition) is 2. The predicted octanol–water partition coefficient (Wildman–Crippen LogP) is 1.05. The summed E-state index contributed by atoms with van der Waals surface area (Å²) < 4.78 is 12.8. The average molecular weight is 175 g/mol. The molecule has 0 spiro atoms. The highest BCUT2D eigenvalue weighted by Crippen LogP contribution is 2.21. The molecule has 1 rings (SSSR count). The molecule has 1 heterocycles. The summed E-state index contributed by atoms with van der Waals surface area (Å²) >= 11 is 0. The largest absolute Gasteiger partial charge is 0.396 e. The lowest BCUT2D eigenvalue weighted by Gasteiger charge is -2.15. The number of aliphatic hydroxyl groups excluding tert-OH is 1. The van der Waals surface area contributed by atoms with Gasteiger partial charge < -0.3 is 10.0 Å². The van der Waals surface area contributed by atoms with E-state index < -0.39 is 6.17 Å². The van der Waals surface area contributed by atoms with Crippen molar-refractivity contribution in [3.63, 3.8) is 0 Å². The minimum absolute atomic E-state index is 0.226. The number of aliphatic hydroxyl groups is 1. The number of nitrogens with zero attached hydrogens (tertiary/aromatic N) is 1. The van der Waals surface area contributed by atoms with Crippen molar-refractivity contribution in [3.8, 4) is 0 Å². The maximum absolute atomic E-state index is 12.8. The van der Waals surface area contributed by atoms with Crippen molar-refractivity contribution in [2.75, 3.05) is 26.2 Å². The molecule has 0 saturated carbocycles. The third-order valence-electron chi connectivity index (χ3n) is 2.59. The third-order valence-corrected chi connectivity index (χ3v) is 2.59. The Morgan fingerprint density at radius 3 is 2.92 bits per heavy atom. The number of halogens is 1. The van der Waals surface area contributed by atoms with Crippen LogP contribution in [0.4, 0.5) is 4.39 Å². The molecule has 2 nitrogen and oxygen atoms in total. The number of likely N-dealkylation sites (tertiary alicyclic amines) is 1. The van der Waals surface area contributed by atoms with E-state index in [1.165, 1.54) is 0 Å². The van der Waals surface area contributed by atoms with E-state index in [1.54, 1.807) is 6.92 Å². The molecule has 3 heteroatoms. The van der Waals surface area contributed by atoms with E-state index in [1.807, 2.05) is 0 Å². The summed E-state index contributed by atoms with van der Waals surface area (Å²) in [4.78, 5) is 2.23. The second-order valence-corrected chi connectivity index (χ2v) is 3.60. The maximum Gasteiger partial charge on any atom is 0.101 e.